The van der Waals surface area contributed by atoms with Crippen molar-refractivity contribution in [3.63, 3.8) is 0 Å². The molecule has 1 aromatic carbocycles. The molecular formula is C22H26ClFN2O4. The van der Waals surface area contributed by atoms with Crippen LogP contribution in [0, 0.1) is 5.82 Å². The monoisotopic (exact) mass is 436 g/mol. The smallest absolute Gasteiger partial charge is 0.289 e. The van der Waals surface area contributed by atoms with E-state index in [4.69, 9.17) is 21.1 Å². The van der Waals surface area contributed by atoms with Crippen molar-refractivity contribution in [3.8, 4) is 0 Å². The molecular weight excluding hydrogens is 411 g/mol. The van der Waals surface area contributed by atoms with E-state index in [1.165, 1.54) is 18.2 Å². The van der Waals surface area contributed by atoms with Gasteiger partial charge in [-0.15, -0.1) is 0 Å². The van der Waals surface area contributed by atoms with E-state index >= 15 is 0 Å². The highest BCUT2D eigenvalue weighted by atomic mass is 35.5. The van der Waals surface area contributed by atoms with E-state index in [1.807, 2.05) is 0 Å². The summed E-state index contributed by atoms with van der Waals surface area (Å²) in [7, 11) is 0. The highest BCUT2D eigenvalue weighted by Crippen LogP contribution is 2.34. The Morgan fingerprint density at radius 2 is 2.10 bits per heavy atom. The Bertz CT molecular complexity index is 820. The van der Waals surface area contributed by atoms with Crippen molar-refractivity contribution in [2.24, 2.45) is 0 Å². The van der Waals surface area contributed by atoms with E-state index in [-0.39, 0.29) is 47.0 Å². The molecule has 0 bridgehead atoms. The zero-order valence-electron chi connectivity index (χ0n) is 16.7. The second-order valence-electron chi connectivity index (χ2n) is 8.02. The fourth-order valence-corrected chi connectivity index (χ4v) is 4.60. The van der Waals surface area contributed by atoms with Crippen molar-refractivity contribution >= 4 is 29.5 Å². The number of halogens is 2. The van der Waals surface area contributed by atoms with Gasteiger partial charge in [-0.1, -0.05) is 24.1 Å². The summed E-state index contributed by atoms with van der Waals surface area (Å²) in [6.07, 6.45) is 6.64. The molecule has 2 aliphatic heterocycles. The molecule has 3 fully saturated rings. The zero-order chi connectivity index (χ0) is 21.1. The molecule has 6 nitrogen and oxygen atoms in total. The average molecular weight is 437 g/mol. The minimum absolute atomic E-state index is 0.0251. The Labute approximate surface area is 180 Å². The van der Waals surface area contributed by atoms with E-state index in [0.29, 0.717) is 6.54 Å². The fourth-order valence-electron chi connectivity index (χ4n) is 4.39. The van der Waals surface area contributed by atoms with E-state index in [9.17, 15) is 14.0 Å². The summed E-state index contributed by atoms with van der Waals surface area (Å²) < 4.78 is 25.7. The number of hydrogen-bond donors (Lipinski definition) is 1. The van der Waals surface area contributed by atoms with Gasteiger partial charge >= 0.3 is 0 Å². The molecule has 4 rings (SSSR count). The Hall–Kier alpha value is -2.12. The number of carbonyl (C=O) groups excluding carboxylic acids is 2. The first-order valence-corrected chi connectivity index (χ1v) is 10.9. The number of nitrogens with one attached hydrogen (secondary N) is 1. The Morgan fingerprint density at radius 3 is 2.87 bits per heavy atom. The van der Waals surface area contributed by atoms with Gasteiger partial charge < -0.3 is 19.7 Å². The molecule has 1 N–H and O–H groups in total. The summed E-state index contributed by atoms with van der Waals surface area (Å²) in [5.74, 6) is -1.15. The predicted molar refractivity (Wildman–Crippen MR) is 110 cm³/mol. The van der Waals surface area contributed by atoms with Crippen molar-refractivity contribution < 1.29 is 23.5 Å². The summed E-state index contributed by atoms with van der Waals surface area (Å²) in [6, 6.07) is 4.19. The van der Waals surface area contributed by atoms with Crippen LogP contribution in [0.25, 0.3) is 6.08 Å². The Kier molecular flexibility index (Phi) is 6.58. The maximum atomic E-state index is 14.2. The van der Waals surface area contributed by atoms with E-state index < -0.39 is 11.7 Å². The predicted octanol–water partition coefficient (Wildman–Crippen LogP) is 3.29. The van der Waals surface area contributed by atoms with Crippen molar-refractivity contribution in [1.29, 1.82) is 0 Å². The first kappa shape index (κ1) is 21.1. The maximum Gasteiger partial charge on any atom is 0.289 e. The van der Waals surface area contributed by atoms with Gasteiger partial charge in [0.1, 0.15) is 18.5 Å². The third kappa shape index (κ3) is 4.62. The topological polar surface area (TPSA) is 67.9 Å². The second kappa shape index (κ2) is 9.35. The lowest BCUT2D eigenvalue weighted by atomic mass is 9.89. The summed E-state index contributed by atoms with van der Waals surface area (Å²) in [6.45, 7) is 1.11. The van der Waals surface area contributed by atoms with Crippen LogP contribution in [0.5, 0.6) is 0 Å². The van der Waals surface area contributed by atoms with Crippen LogP contribution in [0.1, 0.15) is 44.1 Å². The number of morpholine rings is 1. The van der Waals surface area contributed by atoms with Crippen LogP contribution in [0.4, 0.5) is 4.39 Å². The number of ether oxygens (including phenoxy) is 2. The van der Waals surface area contributed by atoms with Gasteiger partial charge in [0.15, 0.2) is 5.76 Å². The molecule has 2 saturated heterocycles. The molecule has 8 heteroatoms. The average Bonchev–Trinajstić information content (AvgIpc) is 3.26. The number of fused-ring (bicyclic) bond motifs is 1. The zero-order valence-corrected chi connectivity index (χ0v) is 17.5. The van der Waals surface area contributed by atoms with Gasteiger partial charge in [-0.3, -0.25) is 9.59 Å². The Balaban J connectivity index is 1.52. The molecule has 30 heavy (non-hydrogen) atoms. The lowest BCUT2D eigenvalue weighted by Crippen LogP contribution is -2.57. The fraction of sp³-hybridized carbons (Fsp3) is 0.545. The number of carbonyl (C=O) groups is 2. The van der Waals surface area contributed by atoms with Gasteiger partial charge in [0.2, 0.25) is 5.91 Å². The van der Waals surface area contributed by atoms with Gasteiger partial charge in [0.05, 0.1) is 17.2 Å². The lowest BCUT2D eigenvalue weighted by molar-refractivity contribution is -0.151. The highest BCUT2D eigenvalue weighted by Gasteiger charge is 2.42. The molecule has 1 saturated carbocycles. The molecule has 0 spiro atoms. The number of amides is 2. The second-order valence-corrected chi connectivity index (χ2v) is 8.43. The number of rotatable bonds is 5. The summed E-state index contributed by atoms with van der Waals surface area (Å²) >= 11 is 6.12. The van der Waals surface area contributed by atoms with Gasteiger partial charge in [0.25, 0.3) is 5.91 Å². The normalized spacial score (nSPS) is 27.7. The third-order valence-electron chi connectivity index (χ3n) is 5.96. The van der Waals surface area contributed by atoms with Crippen LogP contribution in [0.15, 0.2) is 24.0 Å². The molecule has 162 valence electrons. The summed E-state index contributed by atoms with van der Waals surface area (Å²) in [4.78, 5) is 27.3. The first-order chi connectivity index (χ1) is 14.5. The maximum absolute atomic E-state index is 14.2. The number of nitrogens with zero attached hydrogens (tertiary/aromatic N) is 1. The molecule has 2 heterocycles. The molecule has 3 unspecified atom stereocenters. The van der Waals surface area contributed by atoms with Crippen LogP contribution in [0.2, 0.25) is 5.02 Å². The lowest BCUT2D eigenvalue weighted by Gasteiger charge is -2.44. The van der Waals surface area contributed by atoms with E-state index in [0.717, 1.165) is 45.1 Å². The Morgan fingerprint density at radius 1 is 1.27 bits per heavy atom. The van der Waals surface area contributed by atoms with Crippen LogP contribution >= 0.6 is 11.6 Å². The first-order valence-electron chi connectivity index (χ1n) is 10.5. The number of hydrogen-bond acceptors (Lipinski definition) is 4. The van der Waals surface area contributed by atoms with Gasteiger partial charge in [-0.25, -0.2) is 4.39 Å². The summed E-state index contributed by atoms with van der Waals surface area (Å²) in [5, 5.41) is 3.07. The number of benzene rings is 1. The van der Waals surface area contributed by atoms with Crippen LogP contribution in [0.3, 0.4) is 0 Å². The molecule has 1 aromatic rings. The van der Waals surface area contributed by atoms with Gasteiger partial charge in [-0.2, -0.15) is 0 Å². The molecule has 3 aliphatic rings. The minimum atomic E-state index is -0.530. The van der Waals surface area contributed by atoms with Crippen LogP contribution < -0.4 is 5.32 Å². The van der Waals surface area contributed by atoms with Gasteiger partial charge in [-0.05, 0) is 50.3 Å². The van der Waals surface area contributed by atoms with Crippen molar-refractivity contribution in [2.75, 3.05) is 19.7 Å². The quantitative estimate of drug-likeness (QED) is 0.719. The molecule has 2 amide bonds. The molecule has 0 aromatic heterocycles. The molecule has 0 radical (unpaired) electrons. The van der Waals surface area contributed by atoms with E-state index in [1.54, 1.807) is 11.0 Å². The van der Waals surface area contributed by atoms with Crippen molar-refractivity contribution in [1.82, 2.24) is 10.2 Å². The van der Waals surface area contributed by atoms with Crippen molar-refractivity contribution in [2.45, 2.75) is 56.8 Å². The third-order valence-corrected chi connectivity index (χ3v) is 6.29. The van der Waals surface area contributed by atoms with Crippen LogP contribution in [-0.2, 0) is 19.1 Å². The van der Waals surface area contributed by atoms with E-state index in [2.05, 4.69) is 5.32 Å². The summed E-state index contributed by atoms with van der Waals surface area (Å²) in [5.41, 5.74) is 0.111. The largest absolute Gasteiger partial charge is 0.482 e. The van der Waals surface area contributed by atoms with Crippen molar-refractivity contribution in [3.05, 3.63) is 40.4 Å². The highest BCUT2D eigenvalue weighted by molar-refractivity contribution is 6.32. The van der Waals surface area contributed by atoms with Crippen LogP contribution in [-0.4, -0.2) is 54.7 Å². The van der Waals surface area contributed by atoms with Gasteiger partial charge in [0, 0.05) is 18.7 Å². The molecule has 3 atom stereocenters. The minimum Gasteiger partial charge on any atom is -0.482 e. The molecule has 1 aliphatic carbocycles. The SMILES string of the molecule is O=C(CN1C(=O)/C(=C/c2c(F)cccc2Cl)OC2CCCCC21)NCC1CCCO1. The standard InChI is InChI=1S/C22H26ClFN2O4/c23-16-6-3-7-17(24)15(16)11-20-22(28)26(18-8-1-2-9-19(18)30-20)13-21(27)25-12-14-5-4-10-29-14/h3,6-7,11,14,18-19H,1-2,4-5,8-10,12-13H2,(H,25,27)/b20-11-.